The molecule has 4 rings (SSSR count). The summed E-state index contributed by atoms with van der Waals surface area (Å²) in [5, 5.41) is 12.3. The van der Waals surface area contributed by atoms with Crippen molar-refractivity contribution in [2.45, 2.75) is 19.4 Å². The highest BCUT2D eigenvalue weighted by Crippen LogP contribution is 2.19. The van der Waals surface area contributed by atoms with E-state index in [9.17, 15) is 0 Å². The van der Waals surface area contributed by atoms with E-state index in [1.165, 1.54) is 11.1 Å². The fourth-order valence-electron chi connectivity index (χ4n) is 3.24. The van der Waals surface area contributed by atoms with Crippen LogP contribution >= 0.6 is 0 Å². The molecule has 1 heterocycles. The number of aromatic nitrogens is 3. The molecule has 1 aromatic heterocycles. The molecule has 29 heavy (non-hydrogen) atoms. The largest absolute Gasteiger partial charge is 0.497 e. The van der Waals surface area contributed by atoms with Crippen LogP contribution in [0.3, 0.4) is 0 Å². The van der Waals surface area contributed by atoms with Gasteiger partial charge in [-0.25, -0.2) is 0 Å². The van der Waals surface area contributed by atoms with E-state index in [1.54, 1.807) is 7.11 Å². The van der Waals surface area contributed by atoms with Crippen LogP contribution in [0.2, 0.25) is 0 Å². The average Bonchev–Trinajstić information content (AvgIpc) is 3.15. The van der Waals surface area contributed by atoms with Crippen LogP contribution in [0.1, 0.15) is 17.0 Å². The van der Waals surface area contributed by atoms with Crippen molar-refractivity contribution < 1.29 is 4.74 Å². The summed E-state index contributed by atoms with van der Waals surface area (Å²) in [6.45, 7) is 0.723. The van der Waals surface area contributed by atoms with Gasteiger partial charge in [-0.05, 0) is 41.8 Å². The Hall–Kier alpha value is -3.60. The van der Waals surface area contributed by atoms with Crippen LogP contribution in [0.15, 0.2) is 84.9 Å². The summed E-state index contributed by atoms with van der Waals surface area (Å²) in [5.41, 5.74) is 3.46. The third kappa shape index (κ3) is 4.82. The Balaban J connectivity index is 1.56. The Morgan fingerprint density at radius 1 is 0.759 bits per heavy atom. The normalized spacial score (nSPS) is 10.7. The van der Waals surface area contributed by atoms with Crippen molar-refractivity contribution >= 4 is 11.6 Å². The Morgan fingerprint density at radius 2 is 1.45 bits per heavy atom. The number of ether oxygens (including phenoxy) is 1. The summed E-state index contributed by atoms with van der Waals surface area (Å²) in [7, 11) is 1.68. The predicted octanol–water partition coefficient (Wildman–Crippen LogP) is 4.86. The molecule has 4 aromatic rings. The molecule has 0 amide bonds. The monoisotopic (exact) mass is 384 g/mol. The lowest BCUT2D eigenvalue weighted by Crippen LogP contribution is -2.09. The van der Waals surface area contributed by atoms with Crippen molar-refractivity contribution in [1.29, 1.82) is 0 Å². The Morgan fingerprint density at radius 3 is 2.14 bits per heavy atom. The van der Waals surface area contributed by atoms with Crippen molar-refractivity contribution in [3.8, 4) is 5.75 Å². The highest BCUT2D eigenvalue weighted by atomic mass is 16.5. The molecule has 0 aliphatic carbocycles. The molecule has 0 aliphatic heterocycles. The Bertz CT molecular complexity index is 1030. The van der Waals surface area contributed by atoms with E-state index in [4.69, 9.17) is 4.74 Å². The number of nitrogens with one attached hydrogen (secondary N) is 1. The van der Waals surface area contributed by atoms with Crippen LogP contribution in [0.5, 0.6) is 5.75 Å². The van der Waals surface area contributed by atoms with Crippen LogP contribution in [0, 0.1) is 0 Å². The van der Waals surface area contributed by atoms with Crippen molar-refractivity contribution in [3.05, 3.63) is 102 Å². The first-order valence-electron chi connectivity index (χ1n) is 9.73. The van der Waals surface area contributed by atoms with Gasteiger partial charge in [0.2, 0.25) is 5.95 Å². The topological polar surface area (TPSA) is 52.0 Å². The van der Waals surface area contributed by atoms with Gasteiger partial charge in [-0.15, -0.1) is 10.2 Å². The Labute approximate surface area is 171 Å². The second-order valence-electron chi connectivity index (χ2n) is 6.85. The molecule has 0 saturated heterocycles. The molecule has 0 saturated carbocycles. The smallest absolute Gasteiger partial charge is 0.229 e. The maximum absolute atomic E-state index is 5.24. The Kier molecular flexibility index (Phi) is 5.86. The number of para-hydroxylation sites is 1. The van der Waals surface area contributed by atoms with Gasteiger partial charge in [0.1, 0.15) is 11.6 Å². The van der Waals surface area contributed by atoms with Gasteiger partial charge in [-0.3, -0.25) is 4.57 Å². The molecule has 5 heteroatoms. The molecule has 3 aromatic carbocycles. The summed E-state index contributed by atoms with van der Waals surface area (Å²) < 4.78 is 7.40. The van der Waals surface area contributed by atoms with Gasteiger partial charge in [0.05, 0.1) is 13.7 Å². The number of aryl methyl sites for hydroxylation is 2. The summed E-state index contributed by atoms with van der Waals surface area (Å²) >= 11 is 0. The number of nitrogens with zero attached hydrogens (tertiary/aromatic N) is 3. The molecular formula is C24H24N4O. The van der Waals surface area contributed by atoms with E-state index in [1.807, 2.05) is 48.5 Å². The van der Waals surface area contributed by atoms with Gasteiger partial charge in [0, 0.05) is 12.1 Å². The van der Waals surface area contributed by atoms with E-state index in [0.29, 0.717) is 0 Å². The zero-order valence-electron chi connectivity index (χ0n) is 16.5. The number of hydrogen-bond acceptors (Lipinski definition) is 4. The van der Waals surface area contributed by atoms with Gasteiger partial charge < -0.3 is 10.1 Å². The number of methoxy groups -OCH3 is 1. The molecule has 0 radical (unpaired) electrons. The average molecular weight is 384 g/mol. The third-order valence-electron chi connectivity index (χ3n) is 4.84. The summed E-state index contributed by atoms with van der Waals surface area (Å²) in [6.07, 6.45) is 1.70. The molecule has 0 bridgehead atoms. The molecule has 1 N–H and O–H groups in total. The van der Waals surface area contributed by atoms with Gasteiger partial charge in [0.15, 0.2) is 0 Å². The van der Waals surface area contributed by atoms with E-state index < -0.39 is 0 Å². The minimum absolute atomic E-state index is 0.723. The van der Waals surface area contributed by atoms with Gasteiger partial charge >= 0.3 is 0 Å². The molecule has 0 atom stereocenters. The molecule has 0 spiro atoms. The van der Waals surface area contributed by atoms with Crippen molar-refractivity contribution in [1.82, 2.24) is 14.8 Å². The molecule has 146 valence electrons. The quantitative estimate of drug-likeness (QED) is 0.471. The van der Waals surface area contributed by atoms with Crippen molar-refractivity contribution in [3.63, 3.8) is 0 Å². The van der Waals surface area contributed by atoms with E-state index in [-0.39, 0.29) is 0 Å². The lowest BCUT2D eigenvalue weighted by atomic mass is 10.1. The third-order valence-corrected chi connectivity index (χ3v) is 4.84. The lowest BCUT2D eigenvalue weighted by molar-refractivity contribution is 0.414. The van der Waals surface area contributed by atoms with Crippen LogP contribution in [-0.4, -0.2) is 21.9 Å². The number of anilines is 2. The zero-order valence-corrected chi connectivity index (χ0v) is 16.5. The summed E-state index contributed by atoms with van der Waals surface area (Å²) in [4.78, 5) is 0. The summed E-state index contributed by atoms with van der Waals surface area (Å²) in [5.74, 6) is 2.59. The first kappa shape index (κ1) is 18.7. The first-order valence-corrected chi connectivity index (χ1v) is 9.73. The highest BCUT2D eigenvalue weighted by molar-refractivity contribution is 5.53. The van der Waals surface area contributed by atoms with Crippen molar-refractivity contribution in [2.75, 3.05) is 12.4 Å². The predicted molar refractivity (Wildman–Crippen MR) is 116 cm³/mol. The highest BCUT2D eigenvalue weighted by Gasteiger charge is 2.13. The zero-order chi connectivity index (χ0) is 19.9. The number of rotatable bonds is 8. The van der Waals surface area contributed by atoms with Crippen molar-refractivity contribution in [2.24, 2.45) is 0 Å². The van der Waals surface area contributed by atoms with Gasteiger partial charge in [-0.2, -0.15) is 0 Å². The maximum Gasteiger partial charge on any atom is 0.229 e. The van der Waals surface area contributed by atoms with Crippen LogP contribution in [0.25, 0.3) is 0 Å². The van der Waals surface area contributed by atoms with Crippen LogP contribution < -0.4 is 10.1 Å². The summed E-state index contributed by atoms with van der Waals surface area (Å²) in [6, 6.07) is 28.6. The standard InChI is InChI=1S/C24H24N4O/c1-29-22-15-12-19(13-16-22)14-17-23-26-27-24(25-21-10-6-3-7-11-21)28(23)18-20-8-4-2-5-9-20/h2-13,15-16H,14,17-18H2,1H3,(H,25,27). The number of benzene rings is 3. The fourth-order valence-corrected chi connectivity index (χ4v) is 3.24. The first-order chi connectivity index (χ1) is 14.3. The minimum atomic E-state index is 0.723. The lowest BCUT2D eigenvalue weighted by Gasteiger charge is -2.12. The SMILES string of the molecule is COc1ccc(CCc2nnc(Nc3ccccc3)n2Cc2ccccc2)cc1. The number of hydrogen-bond donors (Lipinski definition) is 1. The maximum atomic E-state index is 5.24. The van der Waals surface area contributed by atoms with E-state index >= 15 is 0 Å². The van der Waals surface area contributed by atoms with Crippen LogP contribution in [-0.2, 0) is 19.4 Å². The van der Waals surface area contributed by atoms with Gasteiger partial charge in [-0.1, -0.05) is 60.7 Å². The minimum Gasteiger partial charge on any atom is -0.497 e. The van der Waals surface area contributed by atoms with E-state index in [0.717, 1.165) is 42.6 Å². The molecule has 0 aliphatic rings. The van der Waals surface area contributed by atoms with E-state index in [2.05, 4.69) is 56.5 Å². The molecule has 0 fully saturated rings. The molecule has 0 unspecified atom stereocenters. The second-order valence-corrected chi connectivity index (χ2v) is 6.85. The molecular weight excluding hydrogens is 360 g/mol. The molecule has 5 nitrogen and oxygen atoms in total. The van der Waals surface area contributed by atoms with Crippen LogP contribution in [0.4, 0.5) is 11.6 Å². The second kappa shape index (κ2) is 9.06. The fraction of sp³-hybridized carbons (Fsp3) is 0.167. The van der Waals surface area contributed by atoms with Gasteiger partial charge in [0.25, 0.3) is 0 Å².